The average Bonchev–Trinajstić information content (AvgIpc) is 2.15. The minimum Gasteiger partial charge on any atom is -0.389 e. The van der Waals surface area contributed by atoms with Gasteiger partial charge in [-0.1, -0.05) is 27.7 Å². The molecule has 0 rings (SSSR count). The van der Waals surface area contributed by atoms with E-state index in [9.17, 15) is 5.11 Å². The summed E-state index contributed by atoms with van der Waals surface area (Å²) in [5, 5.41) is 13.2. The first-order valence-electron chi connectivity index (χ1n) is 6.37. The van der Waals surface area contributed by atoms with Crippen molar-refractivity contribution >= 4 is 0 Å². The maximum atomic E-state index is 9.96. The van der Waals surface area contributed by atoms with E-state index in [0.29, 0.717) is 12.5 Å². The fourth-order valence-corrected chi connectivity index (χ4v) is 1.11. The van der Waals surface area contributed by atoms with Crippen molar-refractivity contribution in [1.29, 1.82) is 0 Å². The quantitative estimate of drug-likeness (QED) is 0.597. The lowest BCUT2D eigenvalue weighted by atomic mass is 9.93. The molecule has 0 aromatic heterocycles. The number of rotatable bonds is 9. The highest BCUT2D eigenvalue weighted by Crippen LogP contribution is 2.14. The summed E-state index contributed by atoms with van der Waals surface area (Å²) in [5.74, 6) is 0.969. The molecule has 0 spiro atoms. The van der Waals surface area contributed by atoms with Crippen molar-refractivity contribution in [3.8, 4) is 0 Å². The molecule has 0 aliphatic carbocycles. The van der Waals surface area contributed by atoms with Gasteiger partial charge >= 0.3 is 0 Å². The molecule has 0 amide bonds. The van der Waals surface area contributed by atoms with Gasteiger partial charge in [-0.05, 0) is 25.2 Å². The largest absolute Gasteiger partial charge is 0.389 e. The fraction of sp³-hybridized carbons (Fsp3) is 1.00. The van der Waals surface area contributed by atoms with Crippen LogP contribution >= 0.6 is 0 Å². The van der Waals surface area contributed by atoms with Crippen molar-refractivity contribution in [2.24, 2.45) is 11.8 Å². The van der Waals surface area contributed by atoms with Gasteiger partial charge in [-0.25, -0.2) is 0 Å². The average molecular weight is 231 g/mol. The number of ether oxygens (including phenoxy) is 1. The highest BCUT2D eigenvalue weighted by molar-refractivity contribution is 4.78. The van der Waals surface area contributed by atoms with Gasteiger partial charge in [0.05, 0.1) is 12.2 Å². The summed E-state index contributed by atoms with van der Waals surface area (Å²) in [4.78, 5) is 0. The van der Waals surface area contributed by atoms with Crippen LogP contribution < -0.4 is 5.32 Å². The zero-order valence-electron chi connectivity index (χ0n) is 11.5. The topological polar surface area (TPSA) is 41.5 Å². The zero-order chi connectivity index (χ0) is 12.6. The van der Waals surface area contributed by atoms with Crippen molar-refractivity contribution < 1.29 is 9.84 Å². The Bertz CT molecular complexity index is 167. The third kappa shape index (κ3) is 8.08. The normalized spacial score (nSPS) is 15.8. The van der Waals surface area contributed by atoms with Crippen LogP contribution in [-0.2, 0) is 4.74 Å². The predicted octanol–water partition coefficient (Wildman–Crippen LogP) is 2.05. The van der Waals surface area contributed by atoms with E-state index in [4.69, 9.17) is 4.74 Å². The smallest absolute Gasteiger partial charge is 0.0766 e. The van der Waals surface area contributed by atoms with Gasteiger partial charge < -0.3 is 15.2 Å². The number of nitrogens with one attached hydrogen (secondary N) is 1. The van der Waals surface area contributed by atoms with E-state index in [1.54, 1.807) is 0 Å². The maximum absolute atomic E-state index is 9.96. The second kappa shape index (κ2) is 8.04. The molecule has 0 aromatic carbocycles. The Morgan fingerprint density at radius 2 is 1.81 bits per heavy atom. The van der Waals surface area contributed by atoms with Crippen molar-refractivity contribution in [3.63, 3.8) is 0 Å². The number of hydrogen-bond acceptors (Lipinski definition) is 3. The second-order valence-electron chi connectivity index (χ2n) is 5.48. The monoisotopic (exact) mass is 231 g/mol. The molecule has 1 unspecified atom stereocenters. The first-order valence-corrected chi connectivity index (χ1v) is 6.37. The number of hydrogen-bond donors (Lipinski definition) is 2. The van der Waals surface area contributed by atoms with E-state index in [1.807, 2.05) is 20.8 Å². The van der Waals surface area contributed by atoms with Crippen LogP contribution in [0.1, 0.15) is 41.0 Å². The Kier molecular flexibility index (Phi) is 7.98. The van der Waals surface area contributed by atoms with Crippen molar-refractivity contribution in [2.75, 3.05) is 26.3 Å². The van der Waals surface area contributed by atoms with Crippen LogP contribution in [0.2, 0.25) is 0 Å². The molecule has 2 N–H and O–H groups in total. The molecule has 16 heavy (non-hydrogen) atoms. The van der Waals surface area contributed by atoms with Gasteiger partial charge in [0.1, 0.15) is 0 Å². The third-order valence-electron chi connectivity index (χ3n) is 2.99. The van der Waals surface area contributed by atoms with Gasteiger partial charge in [-0.15, -0.1) is 0 Å². The lowest BCUT2D eigenvalue weighted by Crippen LogP contribution is -2.43. The summed E-state index contributed by atoms with van der Waals surface area (Å²) in [6, 6.07) is 0. The first-order chi connectivity index (χ1) is 7.36. The van der Waals surface area contributed by atoms with Gasteiger partial charge in [-0.2, -0.15) is 0 Å². The fourth-order valence-electron chi connectivity index (χ4n) is 1.11. The Hall–Kier alpha value is -0.120. The molecule has 1 atom stereocenters. The molecule has 98 valence electrons. The van der Waals surface area contributed by atoms with E-state index < -0.39 is 5.60 Å². The van der Waals surface area contributed by atoms with E-state index in [-0.39, 0.29) is 5.92 Å². The molecule has 0 saturated heterocycles. The standard InChI is InChI=1S/C13H29NO2/c1-11(2)6-8-16-9-7-14-10-13(5,15)12(3)4/h11-12,14-15H,6-10H2,1-5H3. The molecule has 0 aliphatic heterocycles. The van der Waals surface area contributed by atoms with Crippen molar-refractivity contribution in [2.45, 2.75) is 46.6 Å². The van der Waals surface area contributed by atoms with Crippen LogP contribution in [0.25, 0.3) is 0 Å². The van der Waals surface area contributed by atoms with E-state index in [0.717, 1.165) is 26.2 Å². The van der Waals surface area contributed by atoms with Crippen LogP contribution in [0, 0.1) is 11.8 Å². The molecule has 0 saturated carbocycles. The molecule has 3 nitrogen and oxygen atoms in total. The Morgan fingerprint density at radius 1 is 1.19 bits per heavy atom. The van der Waals surface area contributed by atoms with Gasteiger partial charge in [0.25, 0.3) is 0 Å². The molecule has 0 heterocycles. The highest BCUT2D eigenvalue weighted by atomic mass is 16.5. The predicted molar refractivity (Wildman–Crippen MR) is 68.6 cm³/mol. The van der Waals surface area contributed by atoms with Crippen molar-refractivity contribution in [3.05, 3.63) is 0 Å². The zero-order valence-corrected chi connectivity index (χ0v) is 11.5. The summed E-state index contributed by atoms with van der Waals surface area (Å²) in [7, 11) is 0. The molecule has 0 radical (unpaired) electrons. The molecule has 0 bridgehead atoms. The molecule has 3 heteroatoms. The van der Waals surface area contributed by atoms with Crippen LogP contribution in [0.5, 0.6) is 0 Å². The van der Waals surface area contributed by atoms with Crippen LogP contribution in [0.4, 0.5) is 0 Å². The number of aliphatic hydroxyl groups is 1. The minimum absolute atomic E-state index is 0.266. The first kappa shape index (κ1) is 15.9. The lowest BCUT2D eigenvalue weighted by Gasteiger charge is -2.27. The van der Waals surface area contributed by atoms with Gasteiger partial charge in [-0.3, -0.25) is 0 Å². The summed E-state index contributed by atoms with van der Waals surface area (Å²) in [6.45, 7) is 13.3. The Balaban J connectivity index is 3.34. The summed E-state index contributed by atoms with van der Waals surface area (Å²) >= 11 is 0. The van der Waals surface area contributed by atoms with Gasteiger partial charge in [0.2, 0.25) is 0 Å². The lowest BCUT2D eigenvalue weighted by molar-refractivity contribution is 0.0123. The maximum Gasteiger partial charge on any atom is 0.0766 e. The minimum atomic E-state index is -0.627. The molecular weight excluding hydrogens is 202 g/mol. The summed E-state index contributed by atoms with van der Waals surface area (Å²) in [6.07, 6.45) is 1.11. The van der Waals surface area contributed by atoms with Crippen LogP contribution in [-0.4, -0.2) is 37.0 Å². The summed E-state index contributed by atoms with van der Waals surface area (Å²) < 4.78 is 5.48. The third-order valence-corrected chi connectivity index (χ3v) is 2.99. The SMILES string of the molecule is CC(C)CCOCCNCC(C)(O)C(C)C. The van der Waals surface area contributed by atoms with Gasteiger partial charge in [0, 0.05) is 19.7 Å². The van der Waals surface area contributed by atoms with E-state index >= 15 is 0 Å². The molecule has 0 aliphatic rings. The molecule has 0 aromatic rings. The van der Waals surface area contributed by atoms with Gasteiger partial charge in [0.15, 0.2) is 0 Å². The Morgan fingerprint density at radius 3 is 2.31 bits per heavy atom. The molecular formula is C13H29NO2. The van der Waals surface area contributed by atoms with Crippen LogP contribution in [0.3, 0.4) is 0 Å². The second-order valence-corrected chi connectivity index (χ2v) is 5.48. The van der Waals surface area contributed by atoms with E-state index in [1.165, 1.54) is 0 Å². The highest BCUT2D eigenvalue weighted by Gasteiger charge is 2.23. The van der Waals surface area contributed by atoms with E-state index in [2.05, 4.69) is 19.2 Å². The summed E-state index contributed by atoms with van der Waals surface area (Å²) in [5.41, 5.74) is -0.627. The molecule has 0 fully saturated rings. The van der Waals surface area contributed by atoms with Crippen LogP contribution in [0.15, 0.2) is 0 Å². The Labute approximate surface area is 101 Å². The van der Waals surface area contributed by atoms with Crippen molar-refractivity contribution in [1.82, 2.24) is 5.32 Å².